The Morgan fingerprint density at radius 1 is 1.13 bits per heavy atom. The van der Waals surface area contributed by atoms with Crippen LogP contribution in [0.1, 0.15) is 63.8 Å². The van der Waals surface area contributed by atoms with Crippen molar-refractivity contribution in [3.63, 3.8) is 0 Å². The predicted octanol–water partition coefficient (Wildman–Crippen LogP) is 7.11. The van der Waals surface area contributed by atoms with Gasteiger partial charge in [-0.1, -0.05) is 25.1 Å². The predicted molar refractivity (Wildman–Crippen MR) is 179 cm³/mol. The van der Waals surface area contributed by atoms with E-state index in [1.807, 2.05) is 27.0 Å². The summed E-state index contributed by atoms with van der Waals surface area (Å²) in [7, 11) is 1.69. The number of carbonyl (C=O) groups excluding carboxylic acids is 1. The van der Waals surface area contributed by atoms with Crippen LogP contribution in [0.15, 0.2) is 48.7 Å². The van der Waals surface area contributed by atoms with E-state index < -0.39 is 5.60 Å². The first-order valence-corrected chi connectivity index (χ1v) is 16.2. The topological polar surface area (TPSA) is 117 Å². The van der Waals surface area contributed by atoms with Gasteiger partial charge in [-0.25, -0.2) is 14.8 Å². The summed E-state index contributed by atoms with van der Waals surface area (Å²) in [6, 6.07) is 14.8. The summed E-state index contributed by atoms with van der Waals surface area (Å²) < 4.78 is 17.5. The molecular formula is C36H42N6O4. The van der Waals surface area contributed by atoms with Crippen molar-refractivity contribution < 1.29 is 19.0 Å². The second-order valence-corrected chi connectivity index (χ2v) is 13.4. The quantitative estimate of drug-likeness (QED) is 0.158. The lowest BCUT2D eigenvalue weighted by atomic mass is 9.92. The van der Waals surface area contributed by atoms with Gasteiger partial charge in [0.15, 0.2) is 0 Å². The van der Waals surface area contributed by atoms with Crippen molar-refractivity contribution >= 4 is 27.9 Å². The second-order valence-electron chi connectivity index (χ2n) is 13.4. The lowest BCUT2D eigenvalue weighted by Crippen LogP contribution is -2.37. The highest BCUT2D eigenvalue weighted by atomic mass is 16.6. The highest BCUT2D eigenvalue weighted by molar-refractivity contribution is 6.07. The van der Waals surface area contributed by atoms with Crippen molar-refractivity contribution in [2.75, 3.05) is 26.8 Å². The van der Waals surface area contributed by atoms with Crippen molar-refractivity contribution in [3.8, 4) is 28.1 Å². The third kappa shape index (κ3) is 5.83. The molecule has 0 bridgehead atoms. The molecule has 7 rings (SSSR count). The zero-order chi connectivity index (χ0) is 32.0. The van der Waals surface area contributed by atoms with E-state index in [9.17, 15) is 4.79 Å². The van der Waals surface area contributed by atoms with Crippen LogP contribution in [0.5, 0.6) is 5.75 Å². The van der Waals surface area contributed by atoms with E-state index >= 15 is 0 Å². The fourth-order valence-electron chi connectivity index (χ4n) is 6.69. The highest BCUT2D eigenvalue weighted by Gasteiger charge is 2.40. The average molecular weight is 623 g/mol. The Balaban J connectivity index is 1.15. The van der Waals surface area contributed by atoms with Crippen LogP contribution in [0.3, 0.4) is 0 Å². The molecule has 4 heterocycles. The van der Waals surface area contributed by atoms with Crippen molar-refractivity contribution in [2.24, 2.45) is 5.92 Å². The number of hydrogen-bond donors (Lipinski definition) is 3. The Morgan fingerprint density at radius 2 is 2.00 bits per heavy atom. The van der Waals surface area contributed by atoms with Gasteiger partial charge in [0.1, 0.15) is 29.6 Å². The van der Waals surface area contributed by atoms with Gasteiger partial charge in [-0.15, -0.1) is 0 Å². The number of hydrogen-bond acceptors (Lipinski definition) is 7. The van der Waals surface area contributed by atoms with Crippen molar-refractivity contribution in [1.82, 2.24) is 30.2 Å². The van der Waals surface area contributed by atoms with E-state index in [0.717, 1.165) is 93.1 Å². The van der Waals surface area contributed by atoms with Gasteiger partial charge < -0.3 is 29.5 Å². The number of benzene rings is 3. The number of imidazole rings is 2. The van der Waals surface area contributed by atoms with E-state index in [0.29, 0.717) is 19.8 Å². The molecule has 46 heavy (non-hydrogen) atoms. The molecule has 240 valence electrons. The molecule has 1 fully saturated rings. The molecule has 10 nitrogen and oxygen atoms in total. The van der Waals surface area contributed by atoms with Crippen LogP contribution < -0.4 is 10.1 Å². The smallest absolute Gasteiger partial charge is 0.410 e. The number of nitrogens with one attached hydrogen (secondary N) is 3. The Morgan fingerprint density at radius 3 is 2.80 bits per heavy atom. The zero-order valence-corrected chi connectivity index (χ0v) is 27.2. The standard InChI is InChI=1S/C36H42N6O4/c1-6-11-37-17-32-39-28-10-8-22-14-27-25-9-7-23(13-24(25)20-45-31(27)15-26(22)33(28)41-32)29-16-38-34(40-29)30-12-21(19-44-5)18-42(30)35(43)46-36(2,3)4/h7-10,13-16,21,30,37H,6,11-12,17-20H2,1-5H3,(H,38,40)(H,39,41)/t21-,30-/m0/s1. The molecule has 3 aromatic carbocycles. The van der Waals surface area contributed by atoms with Gasteiger partial charge in [-0.3, -0.25) is 4.90 Å². The molecule has 3 N–H and O–H groups in total. The van der Waals surface area contributed by atoms with E-state index in [2.05, 4.69) is 64.7 Å². The SMILES string of the molecule is CCCNCc1nc2c(ccc3cc4c(cc32)OCc2cc(-c3cnc([C@@H]5C[C@H](COC)CN5C(=O)OC(C)(C)C)[nH]3)ccc2-4)[nH]1. The number of likely N-dealkylation sites (tertiary alicyclic amines) is 1. The maximum Gasteiger partial charge on any atom is 0.410 e. The van der Waals surface area contributed by atoms with Crippen molar-refractivity contribution in [3.05, 3.63) is 65.9 Å². The monoisotopic (exact) mass is 622 g/mol. The van der Waals surface area contributed by atoms with Gasteiger partial charge in [-0.05, 0) is 86.5 Å². The molecule has 2 aromatic heterocycles. The summed E-state index contributed by atoms with van der Waals surface area (Å²) >= 11 is 0. The lowest BCUT2D eigenvalue weighted by molar-refractivity contribution is 0.0208. The Labute approximate surface area is 268 Å². The van der Waals surface area contributed by atoms with Crippen molar-refractivity contribution in [2.45, 2.75) is 65.3 Å². The Bertz CT molecular complexity index is 1900. The first-order chi connectivity index (χ1) is 22.2. The molecule has 1 saturated heterocycles. The number of H-pyrrole nitrogens is 2. The molecule has 2 atom stereocenters. The van der Waals surface area contributed by atoms with E-state index in [4.69, 9.17) is 24.2 Å². The molecule has 2 aliphatic rings. The minimum Gasteiger partial charge on any atom is -0.488 e. The van der Waals surface area contributed by atoms with E-state index in [-0.39, 0.29) is 18.1 Å². The van der Waals surface area contributed by atoms with Gasteiger partial charge in [0, 0.05) is 30.5 Å². The summed E-state index contributed by atoms with van der Waals surface area (Å²) in [4.78, 5) is 31.5. The summed E-state index contributed by atoms with van der Waals surface area (Å²) in [5.74, 6) is 2.77. The van der Waals surface area contributed by atoms with Crippen LogP contribution in [-0.4, -0.2) is 63.3 Å². The fraction of sp³-hybridized carbons (Fsp3) is 0.417. The number of fused-ring (bicyclic) bond motifs is 6. The normalized spacial score (nSPS) is 17.7. The number of aromatic amines is 2. The summed E-state index contributed by atoms with van der Waals surface area (Å²) in [5, 5.41) is 5.63. The first-order valence-electron chi connectivity index (χ1n) is 16.2. The molecule has 0 unspecified atom stereocenters. The number of methoxy groups -OCH3 is 1. The Hall–Kier alpha value is -4.41. The molecule has 0 saturated carbocycles. The van der Waals surface area contributed by atoms with E-state index in [1.54, 1.807) is 12.0 Å². The van der Waals surface area contributed by atoms with Crippen LogP contribution in [0.2, 0.25) is 0 Å². The average Bonchev–Trinajstić information content (AvgIpc) is 3.78. The number of nitrogens with zero attached hydrogens (tertiary/aromatic N) is 3. The minimum atomic E-state index is -0.578. The van der Waals surface area contributed by atoms with Gasteiger partial charge in [0.25, 0.3) is 0 Å². The highest BCUT2D eigenvalue weighted by Crippen LogP contribution is 2.43. The largest absolute Gasteiger partial charge is 0.488 e. The summed E-state index contributed by atoms with van der Waals surface area (Å²) in [6.45, 7) is 11.1. The van der Waals surface area contributed by atoms with Crippen LogP contribution in [0, 0.1) is 5.92 Å². The fourth-order valence-corrected chi connectivity index (χ4v) is 6.69. The van der Waals surface area contributed by atoms with Gasteiger partial charge in [-0.2, -0.15) is 0 Å². The lowest BCUT2D eigenvalue weighted by Gasteiger charge is -2.27. The van der Waals surface area contributed by atoms with E-state index in [1.165, 1.54) is 0 Å². The second kappa shape index (κ2) is 12.1. The zero-order valence-electron chi connectivity index (χ0n) is 27.2. The number of ether oxygens (including phenoxy) is 3. The molecule has 1 amide bonds. The molecule has 5 aromatic rings. The molecule has 2 aliphatic heterocycles. The van der Waals surface area contributed by atoms with Crippen LogP contribution in [0.4, 0.5) is 4.79 Å². The van der Waals surface area contributed by atoms with Crippen molar-refractivity contribution in [1.29, 1.82) is 0 Å². The molecular weight excluding hydrogens is 580 g/mol. The van der Waals surface area contributed by atoms with Gasteiger partial charge in [0.05, 0.1) is 42.1 Å². The number of rotatable bonds is 8. The third-order valence-electron chi connectivity index (χ3n) is 8.76. The molecule has 0 spiro atoms. The number of aromatic nitrogens is 4. The van der Waals surface area contributed by atoms with Gasteiger partial charge in [0.2, 0.25) is 0 Å². The number of carbonyl (C=O) groups is 1. The minimum absolute atomic E-state index is 0.210. The number of amides is 1. The van der Waals surface area contributed by atoms with Crippen LogP contribution >= 0.6 is 0 Å². The summed E-state index contributed by atoms with van der Waals surface area (Å²) in [6.07, 6.45) is 3.36. The first kappa shape index (κ1) is 30.3. The Kier molecular flexibility index (Phi) is 7.94. The molecule has 0 radical (unpaired) electrons. The third-order valence-corrected chi connectivity index (χ3v) is 8.76. The van der Waals surface area contributed by atoms with Crippen LogP contribution in [-0.2, 0) is 22.6 Å². The molecule has 0 aliphatic carbocycles. The maximum absolute atomic E-state index is 13.1. The van der Waals surface area contributed by atoms with Gasteiger partial charge >= 0.3 is 6.09 Å². The summed E-state index contributed by atoms with van der Waals surface area (Å²) in [5.41, 5.74) is 6.68. The molecule has 10 heteroatoms. The van der Waals surface area contributed by atoms with Crippen LogP contribution in [0.25, 0.3) is 44.2 Å². The maximum atomic E-state index is 13.1.